The van der Waals surface area contributed by atoms with Gasteiger partial charge in [-0.25, -0.2) is 14.6 Å². The number of fused-ring (bicyclic) bond motifs is 1. The topological polar surface area (TPSA) is 101 Å². The third-order valence-corrected chi connectivity index (χ3v) is 4.53. The van der Waals surface area contributed by atoms with Crippen LogP contribution in [0.2, 0.25) is 0 Å². The van der Waals surface area contributed by atoms with Crippen LogP contribution in [0.25, 0.3) is 10.8 Å². The number of pyridine rings is 1. The van der Waals surface area contributed by atoms with E-state index in [0.29, 0.717) is 16.5 Å². The summed E-state index contributed by atoms with van der Waals surface area (Å²) < 4.78 is 4.88. The van der Waals surface area contributed by atoms with Crippen LogP contribution in [-0.2, 0) is 4.74 Å². The number of benzene rings is 1. The van der Waals surface area contributed by atoms with E-state index in [1.54, 1.807) is 25.1 Å². The number of aromatic hydroxyl groups is 1. The summed E-state index contributed by atoms with van der Waals surface area (Å²) in [5, 5.41) is 17.2. The molecule has 0 saturated heterocycles. The molecule has 0 aliphatic heterocycles. The Labute approximate surface area is 151 Å². The summed E-state index contributed by atoms with van der Waals surface area (Å²) in [6.45, 7) is 1.89. The van der Waals surface area contributed by atoms with Crippen molar-refractivity contribution in [2.75, 3.05) is 11.9 Å². The van der Waals surface area contributed by atoms with E-state index in [1.165, 1.54) is 12.6 Å². The molecule has 1 heterocycles. The van der Waals surface area contributed by atoms with Crippen LogP contribution in [0.15, 0.2) is 24.4 Å². The molecule has 1 saturated carbocycles. The highest BCUT2D eigenvalue weighted by molar-refractivity contribution is 6.00. The number of aromatic nitrogens is 1. The first-order valence-electron chi connectivity index (χ1n) is 8.95. The summed E-state index contributed by atoms with van der Waals surface area (Å²) in [7, 11) is 0. The zero-order valence-electron chi connectivity index (χ0n) is 14.7. The number of amides is 2. The third-order valence-electron chi connectivity index (χ3n) is 4.53. The number of hydrogen-bond acceptors (Lipinski definition) is 5. The first-order valence-corrected chi connectivity index (χ1v) is 8.95. The number of esters is 1. The fraction of sp³-hybridized carbons (Fsp3) is 0.421. The molecule has 3 N–H and O–H groups in total. The Hall–Kier alpha value is -2.83. The van der Waals surface area contributed by atoms with Gasteiger partial charge in [-0.15, -0.1) is 0 Å². The minimum Gasteiger partial charge on any atom is -0.505 e. The molecule has 0 spiro atoms. The number of nitrogens with one attached hydrogen (secondary N) is 2. The van der Waals surface area contributed by atoms with Gasteiger partial charge >= 0.3 is 12.0 Å². The van der Waals surface area contributed by atoms with E-state index < -0.39 is 5.97 Å². The molecule has 0 unspecified atom stereocenters. The highest BCUT2D eigenvalue weighted by atomic mass is 16.5. The highest BCUT2D eigenvalue weighted by Crippen LogP contribution is 2.29. The summed E-state index contributed by atoms with van der Waals surface area (Å²) in [4.78, 5) is 27.9. The molecule has 3 rings (SSSR count). The van der Waals surface area contributed by atoms with Gasteiger partial charge in [-0.3, -0.25) is 0 Å². The Kier molecular flexibility index (Phi) is 5.55. The number of nitrogens with zero attached hydrogens (tertiary/aromatic N) is 1. The van der Waals surface area contributed by atoms with Gasteiger partial charge in [-0.1, -0.05) is 19.3 Å². The van der Waals surface area contributed by atoms with Gasteiger partial charge in [0.1, 0.15) is 0 Å². The smallest absolute Gasteiger partial charge is 0.360 e. The van der Waals surface area contributed by atoms with E-state index in [1.807, 2.05) is 0 Å². The Bertz CT molecular complexity index is 816. The summed E-state index contributed by atoms with van der Waals surface area (Å²) in [5.74, 6) is -0.889. The lowest BCUT2D eigenvalue weighted by molar-refractivity contribution is 0.0516. The lowest BCUT2D eigenvalue weighted by Crippen LogP contribution is -2.38. The van der Waals surface area contributed by atoms with Crippen molar-refractivity contribution in [1.29, 1.82) is 0 Å². The zero-order valence-corrected chi connectivity index (χ0v) is 14.7. The molecule has 1 aliphatic rings. The van der Waals surface area contributed by atoms with E-state index in [-0.39, 0.29) is 30.1 Å². The van der Waals surface area contributed by atoms with Crippen LogP contribution < -0.4 is 10.6 Å². The fourth-order valence-electron chi connectivity index (χ4n) is 3.23. The fourth-order valence-corrected chi connectivity index (χ4v) is 3.23. The highest BCUT2D eigenvalue weighted by Gasteiger charge is 2.18. The van der Waals surface area contributed by atoms with Crippen molar-refractivity contribution in [3.05, 3.63) is 30.1 Å². The van der Waals surface area contributed by atoms with Crippen LogP contribution >= 0.6 is 0 Å². The van der Waals surface area contributed by atoms with Crippen LogP contribution in [0.4, 0.5) is 10.5 Å². The number of carbonyl (C=O) groups excluding carboxylic acids is 2. The normalized spacial score (nSPS) is 14.8. The average Bonchev–Trinajstić information content (AvgIpc) is 2.63. The van der Waals surface area contributed by atoms with Crippen LogP contribution in [0.3, 0.4) is 0 Å². The Morgan fingerprint density at radius 3 is 2.77 bits per heavy atom. The molecular formula is C19H23N3O4. The Morgan fingerprint density at radius 2 is 2.04 bits per heavy atom. The van der Waals surface area contributed by atoms with Crippen LogP contribution in [-0.4, -0.2) is 34.7 Å². The lowest BCUT2D eigenvalue weighted by atomic mass is 9.96. The average molecular weight is 357 g/mol. The maximum absolute atomic E-state index is 12.2. The minimum atomic E-state index is -0.666. The zero-order chi connectivity index (χ0) is 18.5. The van der Waals surface area contributed by atoms with E-state index in [4.69, 9.17) is 4.74 Å². The Balaban J connectivity index is 1.73. The van der Waals surface area contributed by atoms with Crippen LogP contribution in [0, 0.1) is 0 Å². The van der Waals surface area contributed by atoms with Gasteiger partial charge < -0.3 is 20.5 Å². The maximum atomic E-state index is 12.2. The number of hydrogen-bond donors (Lipinski definition) is 3. The van der Waals surface area contributed by atoms with Gasteiger partial charge in [0.15, 0.2) is 11.4 Å². The quantitative estimate of drug-likeness (QED) is 0.726. The molecule has 26 heavy (non-hydrogen) atoms. The van der Waals surface area contributed by atoms with Crippen molar-refractivity contribution in [1.82, 2.24) is 10.3 Å². The lowest BCUT2D eigenvalue weighted by Gasteiger charge is -2.22. The largest absolute Gasteiger partial charge is 0.505 e. The van der Waals surface area contributed by atoms with Crippen molar-refractivity contribution < 1.29 is 19.4 Å². The standard InChI is InChI=1S/C19H23N3O4/c1-2-26-18(24)16-17(23)15-9-8-14(10-12(15)11-20-16)22-19(25)21-13-6-4-3-5-7-13/h8-11,13,23H,2-7H2,1H3,(H2,21,22,25). The molecule has 0 radical (unpaired) electrons. The number of urea groups is 1. The van der Waals surface area contributed by atoms with Crippen molar-refractivity contribution in [3.63, 3.8) is 0 Å². The van der Waals surface area contributed by atoms with Gasteiger partial charge in [0, 0.05) is 28.7 Å². The molecule has 7 nitrogen and oxygen atoms in total. The van der Waals surface area contributed by atoms with Gasteiger partial charge in [-0.2, -0.15) is 0 Å². The summed E-state index contributed by atoms with van der Waals surface area (Å²) in [6, 6.07) is 5.01. The first-order chi connectivity index (χ1) is 12.6. The molecule has 138 valence electrons. The van der Waals surface area contributed by atoms with Crippen molar-refractivity contribution in [3.8, 4) is 5.75 Å². The molecule has 0 atom stereocenters. The molecule has 2 amide bonds. The molecule has 1 fully saturated rings. The van der Waals surface area contributed by atoms with E-state index in [9.17, 15) is 14.7 Å². The van der Waals surface area contributed by atoms with E-state index in [0.717, 1.165) is 25.7 Å². The monoisotopic (exact) mass is 357 g/mol. The molecule has 1 aliphatic carbocycles. The van der Waals surface area contributed by atoms with Gasteiger partial charge in [0.2, 0.25) is 0 Å². The number of rotatable bonds is 4. The van der Waals surface area contributed by atoms with Crippen molar-refractivity contribution >= 4 is 28.5 Å². The Morgan fingerprint density at radius 1 is 1.27 bits per heavy atom. The second-order valence-corrected chi connectivity index (χ2v) is 6.41. The second kappa shape index (κ2) is 8.03. The number of anilines is 1. The van der Waals surface area contributed by atoms with E-state index in [2.05, 4.69) is 15.6 Å². The first kappa shape index (κ1) is 18.0. The van der Waals surface area contributed by atoms with E-state index >= 15 is 0 Å². The third kappa shape index (κ3) is 4.04. The molecule has 0 bridgehead atoms. The summed E-state index contributed by atoms with van der Waals surface area (Å²) >= 11 is 0. The predicted octanol–water partition coefficient (Wildman–Crippen LogP) is 3.57. The van der Waals surface area contributed by atoms with Gasteiger partial charge in [0.05, 0.1) is 6.61 Å². The molecule has 2 aromatic rings. The molecular weight excluding hydrogens is 334 g/mol. The summed E-state index contributed by atoms with van der Waals surface area (Å²) in [6.07, 6.45) is 7.03. The van der Waals surface area contributed by atoms with Crippen molar-refractivity contribution in [2.24, 2.45) is 0 Å². The molecule has 1 aromatic carbocycles. The van der Waals surface area contributed by atoms with Crippen LogP contribution in [0.1, 0.15) is 49.5 Å². The number of carbonyl (C=O) groups is 2. The van der Waals surface area contributed by atoms with Crippen LogP contribution in [0.5, 0.6) is 5.75 Å². The minimum absolute atomic E-state index is 0.116. The SMILES string of the molecule is CCOC(=O)c1ncc2cc(NC(=O)NC3CCCCC3)ccc2c1O. The predicted molar refractivity (Wildman–Crippen MR) is 98.4 cm³/mol. The second-order valence-electron chi connectivity index (χ2n) is 6.41. The van der Waals surface area contributed by atoms with Gasteiger partial charge in [-0.05, 0) is 38.0 Å². The summed E-state index contributed by atoms with van der Waals surface area (Å²) in [5.41, 5.74) is 0.478. The number of ether oxygens (including phenoxy) is 1. The van der Waals surface area contributed by atoms with Gasteiger partial charge in [0.25, 0.3) is 0 Å². The molecule has 1 aromatic heterocycles. The molecule has 7 heteroatoms. The maximum Gasteiger partial charge on any atom is 0.360 e. The van der Waals surface area contributed by atoms with Crippen molar-refractivity contribution in [2.45, 2.75) is 45.1 Å².